The number of amides is 1. The first-order valence-corrected chi connectivity index (χ1v) is 10.3. The maximum absolute atomic E-state index is 13.5. The summed E-state index contributed by atoms with van der Waals surface area (Å²) in [5.41, 5.74) is 4.50. The highest BCUT2D eigenvalue weighted by molar-refractivity contribution is 7.07. The zero-order valence-electron chi connectivity index (χ0n) is 16.1. The molecule has 0 spiro atoms. The van der Waals surface area contributed by atoms with Crippen molar-refractivity contribution in [1.82, 2.24) is 24.5 Å². The minimum atomic E-state index is -0.175. The van der Waals surface area contributed by atoms with E-state index in [9.17, 15) is 9.59 Å². The largest absolute Gasteiger partial charge is 0.355 e. The molecule has 0 aliphatic heterocycles. The molecule has 1 N–H and O–H groups in total. The monoisotopic (exact) mass is 415 g/mol. The second kappa shape index (κ2) is 7.23. The van der Waals surface area contributed by atoms with Crippen molar-refractivity contribution < 1.29 is 4.79 Å². The predicted molar refractivity (Wildman–Crippen MR) is 117 cm³/mol. The summed E-state index contributed by atoms with van der Waals surface area (Å²) in [5, 5.41) is 11.8. The number of thiophene rings is 1. The first kappa shape index (κ1) is 18.3. The Bertz CT molecular complexity index is 1430. The van der Waals surface area contributed by atoms with Gasteiger partial charge in [0.05, 0.1) is 29.0 Å². The summed E-state index contributed by atoms with van der Waals surface area (Å²) in [6.45, 7) is 0. The van der Waals surface area contributed by atoms with Crippen LogP contribution in [-0.4, -0.2) is 32.1 Å². The van der Waals surface area contributed by atoms with Crippen LogP contribution in [0.4, 0.5) is 0 Å². The van der Waals surface area contributed by atoms with E-state index in [-0.39, 0.29) is 11.5 Å². The highest BCUT2D eigenvalue weighted by Crippen LogP contribution is 2.22. The van der Waals surface area contributed by atoms with Crippen molar-refractivity contribution in [3.05, 3.63) is 92.8 Å². The van der Waals surface area contributed by atoms with Gasteiger partial charge in [-0.1, -0.05) is 0 Å². The zero-order chi connectivity index (χ0) is 20.7. The maximum atomic E-state index is 13.5. The number of nitrogens with one attached hydrogen (secondary N) is 1. The molecule has 0 atom stereocenters. The molecule has 0 radical (unpaired) electrons. The fourth-order valence-electron chi connectivity index (χ4n) is 3.63. The Balaban J connectivity index is 1.80. The number of fused-ring (bicyclic) bond motifs is 3. The van der Waals surface area contributed by atoms with Gasteiger partial charge in [-0.15, -0.1) is 0 Å². The van der Waals surface area contributed by atoms with Crippen molar-refractivity contribution in [2.75, 3.05) is 7.05 Å². The van der Waals surface area contributed by atoms with Gasteiger partial charge >= 0.3 is 0 Å². The molecule has 1 amide bonds. The van der Waals surface area contributed by atoms with Gasteiger partial charge < -0.3 is 5.32 Å². The molecule has 1 aromatic carbocycles. The third-order valence-electron chi connectivity index (χ3n) is 5.08. The van der Waals surface area contributed by atoms with Crippen molar-refractivity contribution in [3.8, 4) is 5.69 Å². The first-order valence-electron chi connectivity index (χ1n) is 9.36. The summed E-state index contributed by atoms with van der Waals surface area (Å²) in [7, 11) is 1.59. The van der Waals surface area contributed by atoms with Crippen LogP contribution in [0.25, 0.3) is 22.2 Å². The molecule has 0 unspecified atom stereocenters. The molecule has 8 heteroatoms. The zero-order valence-corrected chi connectivity index (χ0v) is 16.9. The van der Waals surface area contributed by atoms with E-state index in [4.69, 9.17) is 0 Å². The van der Waals surface area contributed by atoms with Crippen molar-refractivity contribution in [2.24, 2.45) is 0 Å². The molecule has 7 nitrogen and oxygen atoms in total. The number of hydrogen-bond acceptors (Lipinski definition) is 5. The molecule has 30 heavy (non-hydrogen) atoms. The molecule has 0 fully saturated rings. The van der Waals surface area contributed by atoms with E-state index in [0.717, 1.165) is 11.1 Å². The minimum Gasteiger partial charge on any atom is -0.355 e. The van der Waals surface area contributed by atoms with Crippen LogP contribution in [0.15, 0.2) is 70.5 Å². The van der Waals surface area contributed by atoms with Gasteiger partial charge in [0.25, 0.3) is 11.5 Å². The Morgan fingerprint density at radius 3 is 2.70 bits per heavy atom. The number of carbonyl (C=O) groups excluding carboxylic acids is 1. The smallest absolute Gasteiger partial charge is 0.266 e. The summed E-state index contributed by atoms with van der Waals surface area (Å²) >= 11 is 1.64. The highest BCUT2D eigenvalue weighted by atomic mass is 32.1. The standard InChI is InChI=1S/C22H17N5O2S/c1-23-20(28)15-2-4-17(5-3-15)26-21-16(10-14-7-9-30-13-14)11-25-27(21)19-12-24-8-6-18(19)22(26)29/h2-9,11-13H,10H2,1H3,(H,23,28). The molecule has 0 bridgehead atoms. The van der Waals surface area contributed by atoms with Crippen molar-refractivity contribution in [3.63, 3.8) is 0 Å². The van der Waals surface area contributed by atoms with Gasteiger partial charge in [0.15, 0.2) is 0 Å². The quantitative estimate of drug-likeness (QED) is 0.489. The first-order chi connectivity index (χ1) is 14.7. The van der Waals surface area contributed by atoms with Crippen molar-refractivity contribution in [2.45, 2.75) is 6.42 Å². The predicted octanol–water partition coefficient (Wildman–Crippen LogP) is 3.05. The number of aromatic nitrogens is 4. The molecule has 0 aliphatic carbocycles. The molecule has 0 aliphatic rings. The van der Waals surface area contributed by atoms with E-state index in [1.165, 1.54) is 0 Å². The lowest BCUT2D eigenvalue weighted by Gasteiger charge is -2.13. The Kier molecular flexibility index (Phi) is 4.40. The summed E-state index contributed by atoms with van der Waals surface area (Å²) in [6, 6.07) is 10.7. The van der Waals surface area contributed by atoms with E-state index in [2.05, 4.69) is 26.8 Å². The molecule has 4 aromatic heterocycles. The lowest BCUT2D eigenvalue weighted by atomic mass is 10.1. The summed E-state index contributed by atoms with van der Waals surface area (Å²) in [5.74, 6) is -0.175. The highest BCUT2D eigenvalue weighted by Gasteiger charge is 2.18. The lowest BCUT2D eigenvalue weighted by Crippen LogP contribution is -2.23. The molecule has 5 aromatic rings. The summed E-state index contributed by atoms with van der Waals surface area (Å²) in [6.07, 6.45) is 5.72. The van der Waals surface area contributed by atoms with Gasteiger partial charge in [-0.05, 0) is 52.7 Å². The van der Waals surface area contributed by atoms with Gasteiger partial charge in [-0.2, -0.15) is 16.4 Å². The van der Waals surface area contributed by atoms with Gasteiger partial charge in [0.2, 0.25) is 0 Å². The topological polar surface area (TPSA) is 81.3 Å². The van der Waals surface area contributed by atoms with E-state index in [1.807, 2.05) is 5.38 Å². The lowest BCUT2D eigenvalue weighted by molar-refractivity contribution is 0.0963. The fourth-order valence-corrected chi connectivity index (χ4v) is 4.30. The molecule has 148 valence electrons. The SMILES string of the molecule is CNC(=O)c1ccc(-n2c(=O)c3ccncc3n3ncc(Cc4ccsc4)c23)cc1. The van der Waals surface area contributed by atoms with Crippen LogP contribution >= 0.6 is 11.3 Å². The average molecular weight is 415 g/mol. The summed E-state index contributed by atoms with van der Waals surface area (Å²) in [4.78, 5) is 29.6. The van der Waals surface area contributed by atoms with Crippen molar-refractivity contribution >= 4 is 33.8 Å². The number of pyridine rings is 1. The second-order valence-corrected chi connectivity index (χ2v) is 7.65. The van der Waals surface area contributed by atoms with Crippen LogP contribution in [0.2, 0.25) is 0 Å². The van der Waals surface area contributed by atoms with E-state index in [0.29, 0.717) is 34.2 Å². The molecular weight excluding hydrogens is 398 g/mol. The van der Waals surface area contributed by atoms with Crippen LogP contribution in [0.5, 0.6) is 0 Å². The van der Waals surface area contributed by atoms with Crippen LogP contribution in [0.1, 0.15) is 21.5 Å². The number of hydrogen-bond donors (Lipinski definition) is 1. The third kappa shape index (κ3) is 2.89. The van der Waals surface area contributed by atoms with Gasteiger partial charge in [0.1, 0.15) is 5.65 Å². The Morgan fingerprint density at radius 1 is 1.13 bits per heavy atom. The van der Waals surface area contributed by atoms with Crippen LogP contribution in [0.3, 0.4) is 0 Å². The second-order valence-electron chi connectivity index (χ2n) is 6.87. The van der Waals surface area contributed by atoms with E-state index >= 15 is 0 Å². The molecular formula is C22H17N5O2S. The van der Waals surface area contributed by atoms with Gasteiger partial charge in [0, 0.05) is 30.8 Å². The molecule has 0 saturated carbocycles. The van der Waals surface area contributed by atoms with Gasteiger partial charge in [-0.3, -0.25) is 19.1 Å². The third-order valence-corrected chi connectivity index (χ3v) is 5.81. The number of rotatable bonds is 4. The normalized spacial score (nSPS) is 11.2. The Morgan fingerprint density at radius 2 is 1.97 bits per heavy atom. The van der Waals surface area contributed by atoms with Crippen LogP contribution in [-0.2, 0) is 6.42 Å². The Hall–Kier alpha value is -3.78. The van der Waals surface area contributed by atoms with Crippen LogP contribution < -0.4 is 10.9 Å². The molecule has 4 heterocycles. The average Bonchev–Trinajstić information content (AvgIpc) is 3.45. The van der Waals surface area contributed by atoms with Gasteiger partial charge in [-0.25, -0.2) is 4.52 Å². The number of nitrogens with zero attached hydrogens (tertiary/aromatic N) is 4. The minimum absolute atomic E-state index is 0.153. The summed E-state index contributed by atoms with van der Waals surface area (Å²) < 4.78 is 3.42. The molecule has 0 saturated heterocycles. The van der Waals surface area contributed by atoms with Crippen LogP contribution in [0, 0.1) is 0 Å². The number of carbonyl (C=O) groups is 1. The maximum Gasteiger partial charge on any atom is 0.266 e. The van der Waals surface area contributed by atoms with Crippen molar-refractivity contribution in [1.29, 1.82) is 0 Å². The molecule has 5 rings (SSSR count). The Labute approximate surface area is 175 Å². The van der Waals surface area contributed by atoms with E-state index in [1.54, 1.807) is 76.4 Å². The number of benzene rings is 1. The fraction of sp³-hybridized carbons (Fsp3) is 0.0909. The van der Waals surface area contributed by atoms with E-state index < -0.39 is 0 Å².